The molecular formula is C8H8BrNaO2S. The molecule has 1 aromatic rings. The van der Waals surface area contributed by atoms with Gasteiger partial charge in [-0.1, -0.05) is 15.9 Å². The third-order valence-electron chi connectivity index (χ3n) is 1.59. The molecule has 0 aromatic heterocycles. The molecule has 0 bridgehead atoms. The first-order valence-electron chi connectivity index (χ1n) is 3.38. The van der Waals surface area contributed by atoms with Crippen LogP contribution in [0.4, 0.5) is 0 Å². The van der Waals surface area contributed by atoms with Gasteiger partial charge in [0.1, 0.15) is 0 Å². The number of benzene rings is 1. The van der Waals surface area contributed by atoms with Crippen LogP contribution >= 0.6 is 15.9 Å². The Kier molecular flexibility index (Phi) is 5.98. The predicted octanol–water partition coefficient (Wildman–Crippen LogP) is -0.692. The molecule has 0 aliphatic carbocycles. The van der Waals surface area contributed by atoms with Crippen LogP contribution in [-0.4, -0.2) is 8.76 Å². The first-order valence-corrected chi connectivity index (χ1v) is 5.25. The number of rotatable bonds is 1. The van der Waals surface area contributed by atoms with Crippen LogP contribution in [0.5, 0.6) is 0 Å². The van der Waals surface area contributed by atoms with Crippen molar-refractivity contribution in [3.05, 3.63) is 27.7 Å². The van der Waals surface area contributed by atoms with Gasteiger partial charge in [0.2, 0.25) is 0 Å². The van der Waals surface area contributed by atoms with Gasteiger partial charge in [-0.05, 0) is 48.2 Å². The molecular weight excluding hydrogens is 263 g/mol. The SMILES string of the molecule is Cc1cc(Br)cc(C)c1S(=O)[O-].[Na+]. The van der Waals surface area contributed by atoms with Crippen LogP contribution in [0.25, 0.3) is 0 Å². The van der Waals surface area contributed by atoms with Gasteiger partial charge in [-0.2, -0.15) is 0 Å². The Bertz CT molecular complexity index is 318. The largest absolute Gasteiger partial charge is 1.00 e. The van der Waals surface area contributed by atoms with Crippen molar-refractivity contribution in [1.29, 1.82) is 0 Å². The molecule has 0 N–H and O–H groups in total. The van der Waals surface area contributed by atoms with Gasteiger partial charge in [0.05, 0.1) is 0 Å². The topological polar surface area (TPSA) is 40.1 Å². The van der Waals surface area contributed by atoms with Gasteiger partial charge in [-0.15, -0.1) is 0 Å². The van der Waals surface area contributed by atoms with Crippen LogP contribution in [0.3, 0.4) is 0 Å². The summed E-state index contributed by atoms with van der Waals surface area (Å²) >= 11 is 1.16. The molecule has 1 atom stereocenters. The Balaban J connectivity index is 0.00000144. The summed E-state index contributed by atoms with van der Waals surface area (Å²) < 4.78 is 22.4. The van der Waals surface area contributed by atoms with E-state index in [0.717, 1.165) is 15.6 Å². The second-order valence-electron chi connectivity index (χ2n) is 2.60. The molecule has 0 saturated heterocycles. The van der Waals surface area contributed by atoms with Crippen LogP contribution in [-0.2, 0) is 11.1 Å². The van der Waals surface area contributed by atoms with Crippen molar-refractivity contribution in [1.82, 2.24) is 0 Å². The Morgan fingerprint density at radius 1 is 1.31 bits per heavy atom. The van der Waals surface area contributed by atoms with Gasteiger partial charge < -0.3 is 4.55 Å². The maximum absolute atomic E-state index is 10.7. The summed E-state index contributed by atoms with van der Waals surface area (Å²) in [5, 5.41) is 0. The van der Waals surface area contributed by atoms with E-state index in [0.29, 0.717) is 4.90 Å². The van der Waals surface area contributed by atoms with E-state index in [2.05, 4.69) is 15.9 Å². The first kappa shape index (κ1) is 13.8. The van der Waals surface area contributed by atoms with E-state index in [-0.39, 0.29) is 29.6 Å². The first-order chi connectivity index (χ1) is 5.52. The molecule has 1 aromatic carbocycles. The fourth-order valence-electron chi connectivity index (χ4n) is 1.16. The van der Waals surface area contributed by atoms with Crippen LogP contribution in [0.1, 0.15) is 11.1 Å². The fraction of sp³-hybridized carbons (Fsp3) is 0.250. The normalized spacial score (nSPS) is 12.0. The Labute approximate surface area is 111 Å². The number of halogens is 1. The van der Waals surface area contributed by atoms with Crippen molar-refractivity contribution in [2.45, 2.75) is 18.7 Å². The minimum Gasteiger partial charge on any atom is -0.768 e. The van der Waals surface area contributed by atoms with Gasteiger partial charge >= 0.3 is 29.6 Å². The third kappa shape index (κ3) is 3.46. The maximum atomic E-state index is 10.7. The van der Waals surface area contributed by atoms with Crippen LogP contribution in [0.15, 0.2) is 21.5 Å². The maximum Gasteiger partial charge on any atom is 1.00 e. The van der Waals surface area contributed by atoms with E-state index in [4.69, 9.17) is 0 Å². The molecule has 0 aliphatic heterocycles. The molecule has 13 heavy (non-hydrogen) atoms. The second kappa shape index (κ2) is 5.63. The molecule has 0 fully saturated rings. The summed E-state index contributed by atoms with van der Waals surface area (Å²) in [6.45, 7) is 3.56. The van der Waals surface area contributed by atoms with Crippen molar-refractivity contribution in [3.8, 4) is 0 Å². The molecule has 5 heteroatoms. The summed E-state index contributed by atoms with van der Waals surface area (Å²) in [6, 6.07) is 3.58. The average molecular weight is 271 g/mol. The van der Waals surface area contributed by atoms with Crippen molar-refractivity contribution < 1.29 is 38.3 Å². The van der Waals surface area contributed by atoms with Gasteiger partial charge in [0, 0.05) is 9.37 Å². The molecule has 2 nitrogen and oxygen atoms in total. The van der Waals surface area contributed by atoms with E-state index in [1.807, 2.05) is 0 Å². The summed E-state index contributed by atoms with van der Waals surface area (Å²) in [5.74, 6) is 0. The Morgan fingerprint density at radius 3 is 2.00 bits per heavy atom. The number of aryl methyl sites for hydroxylation is 2. The second-order valence-corrected chi connectivity index (χ2v) is 4.40. The monoisotopic (exact) mass is 270 g/mol. The van der Waals surface area contributed by atoms with Gasteiger partial charge in [-0.25, -0.2) is 0 Å². The fourth-order valence-corrected chi connectivity index (χ4v) is 2.49. The molecule has 66 valence electrons. The molecule has 0 saturated carbocycles. The Morgan fingerprint density at radius 2 is 1.69 bits per heavy atom. The molecule has 0 spiro atoms. The smallest absolute Gasteiger partial charge is 0.768 e. The summed E-state index contributed by atoms with van der Waals surface area (Å²) in [6.07, 6.45) is 0. The number of hydrogen-bond acceptors (Lipinski definition) is 2. The zero-order valence-corrected chi connectivity index (χ0v) is 12.2. The predicted molar refractivity (Wildman–Crippen MR) is 50.8 cm³/mol. The third-order valence-corrected chi connectivity index (χ3v) is 3.03. The standard InChI is InChI=1S/C8H9BrO2S.Na/c1-5-3-7(9)4-6(2)8(5)12(10)11;/h3-4H,1-2H3,(H,10,11);/q;+1/p-1. The van der Waals surface area contributed by atoms with E-state index in [1.165, 1.54) is 0 Å². The van der Waals surface area contributed by atoms with Crippen LogP contribution in [0.2, 0.25) is 0 Å². The molecule has 0 aliphatic rings. The summed E-state index contributed by atoms with van der Waals surface area (Å²) in [5.41, 5.74) is 1.55. The van der Waals surface area contributed by atoms with Crippen LogP contribution in [0, 0.1) is 13.8 Å². The summed E-state index contributed by atoms with van der Waals surface area (Å²) in [4.78, 5) is 0.401. The average Bonchev–Trinajstić information content (AvgIpc) is 1.82. The molecule has 0 radical (unpaired) electrons. The zero-order valence-electron chi connectivity index (χ0n) is 7.76. The van der Waals surface area contributed by atoms with E-state index >= 15 is 0 Å². The zero-order chi connectivity index (χ0) is 9.30. The molecule has 1 unspecified atom stereocenters. The molecule has 0 amide bonds. The van der Waals surface area contributed by atoms with E-state index in [9.17, 15) is 8.76 Å². The minimum absolute atomic E-state index is 0. The van der Waals surface area contributed by atoms with Gasteiger partial charge in [0.25, 0.3) is 0 Å². The van der Waals surface area contributed by atoms with E-state index in [1.54, 1.807) is 26.0 Å². The van der Waals surface area contributed by atoms with Gasteiger partial charge in [0.15, 0.2) is 0 Å². The quantitative estimate of drug-likeness (QED) is 0.501. The van der Waals surface area contributed by atoms with Crippen molar-refractivity contribution in [2.75, 3.05) is 0 Å². The Hall–Kier alpha value is 0.810. The molecule has 1 rings (SSSR count). The van der Waals surface area contributed by atoms with Crippen molar-refractivity contribution >= 4 is 27.0 Å². The van der Waals surface area contributed by atoms with Crippen molar-refractivity contribution in [3.63, 3.8) is 0 Å². The summed E-state index contributed by atoms with van der Waals surface area (Å²) in [7, 11) is 0. The van der Waals surface area contributed by atoms with E-state index < -0.39 is 11.1 Å². The van der Waals surface area contributed by atoms with Crippen LogP contribution < -0.4 is 29.6 Å². The van der Waals surface area contributed by atoms with Crippen molar-refractivity contribution in [2.24, 2.45) is 0 Å². The number of hydrogen-bond donors (Lipinski definition) is 0. The van der Waals surface area contributed by atoms with Gasteiger partial charge in [-0.3, -0.25) is 4.21 Å². The molecule has 0 heterocycles. The minimum atomic E-state index is -2.13.